The van der Waals surface area contributed by atoms with Gasteiger partial charge in [-0.3, -0.25) is 9.69 Å². The lowest BCUT2D eigenvalue weighted by atomic mass is 10.0. The normalized spacial score (nSPS) is 19.9. The molecule has 0 aliphatic carbocycles. The zero-order valence-corrected chi connectivity index (χ0v) is 22.0. The predicted octanol–water partition coefficient (Wildman–Crippen LogP) is 4.79. The van der Waals surface area contributed by atoms with Gasteiger partial charge >= 0.3 is 0 Å². The topological polar surface area (TPSA) is 29.5 Å². The van der Waals surface area contributed by atoms with Crippen LogP contribution in [0.4, 0.5) is 0 Å². The summed E-state index contributed by atoms with van der Waals surface area (Å²) in [4.78, 5) is 20.3. The fourth-order valence-corrected chi connectivity index (χ4v) is 4.74. The molecule has 0 aromatic carbocycles. The summed E-state index contributed by atoms with van der Waals surface area (Å²) in [5.41, 5.74) is 0. The quantitative estimate of drug-likeness (QED) is 0.208. The number of hydrogen-bond acceptors (Lipinski definition) is 2. The van der Waals surface area contributed by atoms with E-state index < -0.39 is 0 Å². The molecule has 0 N–H and O–H groups in total. The maximum absolute atomic E-state index is 12.2. The minimum Gasteiger partial charge on any atom is -1.00 e. The molecular weight excluding hydrogens is 432 g/mol. The van der Waals surface area contributed by atoms with Gasteiger partial charge in [0, 0.05) is 19.4 Å². The maximum Gasteiger partial charge on any atom is 0.227 e. The third-order valence-corrected chi connectivity index (χ3v) is 6.76. The Labute approximate surface area is 210 Å². The SMILES string of the molecule is CCCCCCCCCCCCCCCCC[N+]1(CN2CCCC2=O)C=CC=CC=CO1.[Cl-]. The van der Waals surface area contributed by atoms with Crippen molar-refractivity contribution in [3.63, 3.8) is 0 Å². The molecule has 190 valence electrons. The first kappa shape index (κ1) is 29.8. The molecule has 2 rings (SSSR count). The number of halogens is 1. The van der Waals surface area contributed by atoms with Gasteiger partial charge in [0.2, 0.25) is 5.91 Å². The fraction of sp³-hybridized carbons (Fsp3) is 0.750. The highest BCUT2D eigenvalue weighted by Crippen LogP contribution is 2.21. The number of hydroxylamine groups is 3. The van der Waals surface area contributed by atoms with E-state index >= 15 is 0 Å². The van der Waals surface area contributed by atoms with Crippen molar-refractivity contribution in [2.75, 3.05) is 19.8 Å². The van der Waals surface area contributed by atoms with Crippen LogP contribution in [0.5, 0.6) is 0 Å². The zero-order chi connectivity index (χ0) is 22.7. The number of quaternary nitrogens is 1. The van der Waals surface area contributed by atoms with Crippen LogP contribution in [0.25, 0.3) is 0 Å². The highest BCUT2D eigenvalue weighted by molar-refractivity contribution is 5.77. The molecule has 0 saturated carbocycles. The first-order chi connectivity index (χ1) is 15.8. The standard InChI is InChI=1S/C28H49N2O2.ClH/c1-2-3-4-5-6-7-8-9-10-11-12-13-14-15-18-24-30(25-19-16-17-20-26-32-30)27-29-23-21-22-28(29)31;/h16-17,19-20,25-26H,2-15,18,21-24,27H2,1H3;1H/q+1;/p-1. The second-order valence-electron chi connectivity index (χ2n) is 9.69. The van der Waals surface area contributed by atoms with Crippen molar-refractivity contribution in [1.82, 2.24) is 4.90 Å². The Balaban J connectivity index is 0.00000544. The molecule has 1 atom stereocenters. The Morgan fingerprint density at radius 2 is 1.33 bits per heavy atom. The fourth-order valence-electron chi connectivity index (χ4n) is 4.74. The van der Waals surface area contributed by atoms with Gasteiger partial charge in [-0.05, 0) is 25.0 Å². The van der Waals surface area contributed by atoms with Crippen molar-refractivity contribution in [3.05, 3.63) is 36.8 Å². The van der Waals surface area contributed by atoms with Gasteiger partial charge in [-0.1, -0.05) is 107 Å². The molecule has 4 nitrogen and oxygen atoms in total. The summed E-state index contributed by atoms with van der Waals surface area (Å²) in [6.45, 7) is 4.67. The molecule has 1 saturated heterocycles. The lowest BCUT2D eigenvalue weighted by Gasteiger charge is -2.34. The number of likely N-dealkylation sites (tertiary alicyclic amines) is 1. The predicted molar refractivity (Wildman–Crippen MR) is 134 cm³/mol. The van der Waals surface area contributed by atoms with E-state index in [9.17, 15) is 4.79 Å². The van der Waals surface area contributed by atoms with Gasteiger partial charge in [-0.25, -0.2) is 0 Å². The summed E-state index contributed by atoms with van der Waals surface area (Å²) in [7, 11) is 0. The van der Waals surface area contributed by atoms with E-state index in [-0.39, 0.29) is 18.3 Å². The van der Waals surface area contributed by atoms with Crippen LogP contribution in [0.2, 0.25) is 0 Å². The molecule has 2 aliphatic heterocycles. The second kappa shape index (κ2) is 19.1. The van der Waals surface area contributed by atoms with Crippen LogP contribution in [-0.2, 0) is 9.63 Å². The van der Waals surface area contributed by atoms with E-state index in [4.69, 9.17) is 4.84 Å². The maximum atomic E-state index is 12.2. The zero-order valence-electron chi connectivity index (χ0n) is 21.2. The Morgan fingerprint density at radius 3 is 1.88 bits per heavy atom. The molecular formula is C28H49ClN2O2. The number of carbonyl (C=O) groups is 1. The molecule has 0 bridgehead atoms. The van der Waals surface area contributed by atoms with Crippen LogP contribution in [0, 0.1) is 0 Å². The van der Waals surface area contributed by atoms with E-state index in [1.165, 1.54) is 89.9 Å². The molecule has 1 amide bonds. The third kappa shape index (κ3) is 13.3. The summed E-state index contributed by atoms with van der Waals surface area (Å²) < 4.78 is 0.394. The molecule has 0 aromatic heterocycles. The van der Waals surface area contributed by atoms with E-state index in [2.05, 4.69) is 19.2 Å². The summed E-state index contributed by atoms with van der Waals surface area (Å²) in [6, 6.07) is 0. The minimum absolute atomic E-state index is 0. The van der Waals surface area contributed by atoms with Crippen molar-refractivity contribution < 1.29 is 26.7 Å². The van der Waals surface area contributed by atoms with E-state index in [1.807, 2.05) is 23.1 Å². The highest BCUT2D eigenvalue weighted by atomic mass is 35.5. The Hall–Kier alpha value is -1.26. The van der Waals surface area contributed by atoms with Crippen molar-refractivity contribution in [2.45, 2.75) is 116 Å². The van der Waals surface area contributed by atoms with Crippen LogP contribution in [0.3, 0.4) is 0 Å². The van der Waals surface area contributed by atoms with Crippen molar-refractivity contribution in [1.29, 1.82) is 0 Å². The summed E-state index contributed by atoms with van der Waals surface area (Å²) in [6.07, 6.45) is 34.1. The molecule has 0 spiro atoms. The smallest absolute Gasteiger partial charge is 0.227 e. The van der Waals surface area contributed by atoms with Gasteiger partial charge in [-0.15, -0.1) is 0 Å². The molecule has 33 heavy (non-hydrogen) atoms. The first-order valence-corrected chi connectivity index (χ1v) is 13.6. The van der Waals surface area contributed by atoms with Crippen LogP contribution in [0.1, 0.15) is 116 Å². The molecule has 5 heteroatoms. The van der Waals surface area contributed by atoms with Gasteiger partial charge in [0.05, 0.1) is 0 Å². The first-order valence-electron chi connectivity index (χ1n) is 13.6. The van der Waals surface area contributed by atoms with Crippen molar-refractivity contribution in [3.8, 4) is 0 Å². The van der Waals surface area contributed by atoms with Gasteiger partial charge in [0.25, 0.3) is 0 Å². The summed E-state index contributed by atoms with van der Waals surface area (Å²) >= 11 is 0. The minimum atomic E-state index is 0. The molecule has 1 unspecified atom stereocenters. The number of nitrogens with zero attached hydrogens (tertiary/aromatic N) is 2. The molecule has 2 heterocycles. The Morgan fingerprint density at radius 1 is 0.788 bits per heavy atom. The average Bonchev–Trinajstić information content (AvgIpc) is 3.17. The van der Waals surface area contributed by atoms with Crippen molar-refractivity contribution in [2.24, 2.45) is 0 Å². The van der Waals surface area contributed by atoms with Gasteiger partial charge in [-0.2, -0.15) is 0 Å². The van der Waals surface area contributed by atoms with Gasteiger partial charge in [0.1, 0.15) is 12.7 Å². The Bertz CT molecular complexity index is 590. The highest BCUT2D eigenvalue weighted by Gasteiger charge is 2.34. The lowest BCUT2D eigenvalue weighted by Crippen LogP contribution is -3.00. The number of amides is 1. The second-order valence-corrected chi connectivity index (χ2v) is 9.69. The number of allylic oxidation sites excluding steroid dienone is 4. The van der Waals surface area contributed by atoms with Crippen LogP contribution in [0.15, 0.2) is 36.8 Å². The monoisotopic (exact) mass is 480 g/mol. The number of unbranched alkanes of at least 4 members (excludes halogenated alkanes) is 14. The largest absolute Gasteiger partial charge is 1.00 e. The molecule has 1 fully saturated rings. The molecule has 0 aromatic rings. The van der Waals surface area contributed by atoms with Gasteiger partial charge < -0.3 is 17.2 Å². The van der Waals surface area contributed by atoms with E-state index in [1.54, 1.807) is 6.26 Å². The number of rotatable bonds is 18. The summed E-state index contributed by atoms with van der Waals surface area (Å²) in [5, 5.41) is 0. The van der Waals surface area contributed by atoms with E-state index in [0.717, 1.165) is 25.9 Å². The van der Waals surface area contributed by atoms with Crippen molar-refractivity contribution >= 4 is 5.91 Å². The van der Waals surface area contributed by atoms with Crippen LogP contribution < -0.4 is 12.4 Å². The van der Waals surface area contributed by atoms with Crippen LogP contribution in [-0.4, -0.2) is 35.2 Å². The van der Waals surface area contributed by atoms with Gasteiger partial charge in [0.15, 0.2) is 12.9 Å². The third-order valence-electron chi connectivity index (χ3n) is 6.76. The molecule has 0 radical (unpaired) electrons. The number of carbonyl (C=O) groups excluding carboxylic acids is 1. The van der Waals surface area contributed by atoms with E-state index in [0.29, 0.717) is 17.7 Å². The lowest BCUT2D eigenvalue weighted by molar-refractivity contribution is -1.06. The van der Waals surface area contributed by atoms with Crippen LogP contribution >= 0.6 is 0 Å². The molecule has 2 aliphatic rings. The number of hydrogen-bond donors (Lipinski definition) is 0. The average molecular weight is 481 g/mol. The Kier molecular flexibility index (Phi) is 17.2. The summed E-state index contributed by atoms with van der Waals surface area (Å²) in [5.74, 6) is 0.262.